The molecular weight excluding hydrogens is 228 g/mol. The first-order valence-corrected chi connectivity index (χ1v) is 6.27. The highest BCUT2D eigenvalue weighted by Crippen LogP contribution is 2.09. The number of carbonyl (C=O) groups excluding carboxylic acids is 1. The zero-order valence-corrected chi connectivity index (χ0v) is 11.8. The maximum atomic E-state index is 11.9. The molecular formula is C13H22N4O. The predicted octanol–water partition coefficient (Wildman–Crippen LogP) is 1.85. The summed E-state index contributed by atoms with van der Waals surface area (Å²) in [4.78, 5) is 22.4. The molecule has 5 nitrogen and oxygen atoms in total. The highest BCUT2D eigenvalue weighted by atomic mass is 16.2. The lowest BCUT2D eigenvalue weighted by Gasteiger charge is -2.21. The Labute approximate surface area is 109 Å². The molecule has 0 aliphatic heterocycles. The fourth-order valence-corrected chi connectivity index (χ4v) is 1.55. The number of hydrogen-bond donors (Lipinski definition) is 1. The Kier molecular flexibility index (Phi) is 4.64. The molecule has 1 aromatic heterocycles. The number of anilines is 1. The van der Waals surface area contributed by atoms with Crippen LogP contribution in [0.25, 0.3) is 0 Å². The third kappa shape index (κ3) is 3.98. The Morgan fingerprint density at radius 2 is 1.83 bits per heavy atom. The van der Waals surface area contributed by atoms with Gasteiger partial charge in [0.1, 0.15) is 11.5 Å². The Bertz CT molecular complexity index is 390. The molecule has 0 fully saturated rings. The van der Waals surface area contributed by atoms with Gasteiger partial charge in [0.05, 0.1) is 12.4 Å². The molecule has 0 unspecified atom stereocenters. The van der Waals surface area contributed by atoms with E-state index < -0.39 is 0 Å². The van der Waals surface area contributed by atoms with Gasteiger partial charge in [-0.05, 0) is 34.6 Å². The van der Waals surface area contributed by atoms with Crippen molar-refractivity contribution in [3.63, 3.8) is 0 Å². The molecule has 0 atom stereocenters. The molecule has 1 heterocycles. The minimum atomic E-state index is -0.268. The van der Waals surface area contributed by atoms with Crippen molar-refractivity contribution in [3.05, 3.63) is 18.1 Å². The lowest BCUT2D eigenvalue weighted by molar-refractivity contribution is 0.0914. The molecule has 1 N–H and O–H groups in total. The molecule has 18 heavy (non-hydrogen) atoms. The Morgan fingerprint density at radius 1 is 1.22 bits per heavy atom. The normalized spacial score (nSPS) is 11.2. The van der Waals surface area contributed by atoms with E-state index >= 15 is 0 Å². The van der Waals surface area contributed by atoms with E-state index in [0.717, 1.165) is 18.9 Å². The lowest BCUT2D eigenvalue weighted by atomic mass is 10.1. The van der Waals surface area contributed by atoms with Gasteiger partial charge in [-0.1, -0.05) is 0 Å². The fourth-order valence-electron chi connectivity index (χ4n) is 1.55. The smallest absolute Gasteiger partial charge is 0.271 e. The first-order chi connectivity index (χ1) is 8.37. The maximum absolute atomic E-state index is 11.9. The van der Waals surface area contributed by atoms with E-state index in [4.69, 9.17) is 0 Å². The Balaban J connectivity index is 2.79. The van der Waals surface area contributed by atoms with Crippen LogP contribution in [0.15, 0.2) is 12.4 Å². The van der Waals surface area contributed by atoms with Crippen molar-refractivity contribution in [2.45, 2.75) is 40.2 Å². The molecule has 0 radical (unpaired) electrons. The summed E-state index contributed by atoms with van der Waals surface area (Å²) >= 11 is 0. The van der Waals surface area contributed by atoms with E-state index in [2.05, 4.69) is 34.0 Å². The van der Waals surface area contributed by atoms with Crippen LogP contribution >= 0.6 is 0 Å². The first kappa shape index (κ1) is 14.4. The van der Waals surface area contributed by atoms with Crippen LogP contribution in [0.2, 0.25) is 0 Å². The van der Waals surface area contributed by atoms with Crippen LogP contribution in [0, 0.1) is 0 Å². The highest BCUT2D eigenvalue weighted by Gasteiger charge is 2.16. The van der Waals surface area contributed by atoms with Crippen LogP contribution in [0.1, 0.15) is 45.1 Å². The first-order valence-electron chi connectivity index (χ1n) is 6.27. The number of amides is 1. The summed E-state index contributed by atoms with van der Waals surface area (Å²) in [6, 6.07) is 0. The average molecular weight is 250 g/mol. The summed E-state index contributed by atoms with van der Waals surface area (Å²) in [7, 11) is 0. The summed E-state index contributed by atoms with van der Waals surface area (Å²) in [5.74, 6) is 0.605. The molecule has 0 spiro atoms. The standard InChI is InChI=1S/C13H22N4O/c1-6-17(7-2)11-9-14-10(8-15-11)12(18)16-13(3,4)5/h8-9H,6-7H2,1-5H3,(H,16,18). The number of rotatable bonds is 4. The zero-order valence-electron chi connectivity index (χ0n) is 11.8. The van der Waals surface area contributed by atoms with Crippen LogP contribution in [-0.2, 0) is 0 Å². The highest BCUT2D eigenvalue weighted by molar-refractivity contribution is 5.92. The number of nitrogens with zero attached hydrogens (tertiary/aromatic N) is 3. The summed E-state index contributed by atoms with van der Waals surface area (Å²) in [6.07, 6.45) is 3.17. The van der Waals surface area contributed by atoms with Crippen LogP contribution < -0.4 is 10.2 Å². The van der Waals surface area contributed by atoms with Crippen LogP contribution in [0.3, 0.4) is 0 Å². The van der Waals surface area contributed by atoms with E-state index in [-0.39, 0.29) is 11.4 Å². The average Bonchev–Trinajstić information content (AvgIpc) is 2.29. The van der Waals surface area contributed by atoms with Crippen molar-refractivity contribution in [1.29, 1.82) is 0 Å². The molecule has 5 heteroatoms. The summed E-state index contributed by atoms with van der Waals surface area (Å²) in [5, 5.41) is 2.86. The van der Waals surface area contributed by atoms with Gasteiger partial charge >= 0.3 is 0 Å². The number of hydrogen-bond acceptors (Lipinski definition) is 4. The third-order valence-corrected chi connectivity index (χ3v) is 2.45. The van der Waals surface area contributed by atoms with Gasteiger partial charge in [-0.15, -0.1) is 0 Å². The van der Waals surface area contributed by atoms with Crippen LogP contribution in [-0.4, -0.2) is 34.5 Å². The largest absolute Gasteiger partial charge is 0.356 e. The van der Waals surface area contributed by atoms with Crippen molar-refractivity contribution >= 4 is 11.7 Å². The van der Waals surface area contributed by atoms with Crippen molar-refractivity contribution in [2.24, 2.45) is 0 Å². The minimum absolute atomic E-state index is 0.193. The Morgan fingerprint density at radius 3 is 2.22 bits per heavy atom. The van der Waals surface area contributed by atoms with Crippen molar-refractivity contribution in [3.8, 4) is 0 Å². The third-order valence-electron chi connectivity index (χ3n) is 2.45. The molecule has 100 valence electrons. The maximum Gasteiger partial charge on any atom is 0.271 e. The van der Waals surface area contributed by atoms with Crippen LogP contribution in [0.4, 0.5) is 5.82 Å². The van der Waals surface area contributed by atoms with E-state index in [0.29, 0.717) is 5.69 Å². The summed E-state index contributed by atoms with van der Waals surface area (Å²) < 4.78 is 0. The van der Waals surface area contributed by atoms with Gasteiger partial charge in [0.25, 0.3) is 5.91 Å². The van der Waals surface area contributed by atoms with Crippen LogP contribution in [0.5, 0.6) is 0 Å². The summed E-state index contributed by atoms with van der Waals surface area (Å²) in [5.41, 5.74) is 0.0804. The van der Waals surface area contributed by atoms with E-state index in [1.54, 1.807) is 6.20 Å². The second-order valence-electron chi connectivity index (χ2n) is 5.14. The number of carbonyl (C=O) groups is 1. The van der Waals surface area contributed by atoms with Gasteiger partial charge in [-0.25, -0.2) is 9.97 Å². The van der Waals surface area contributed by atoms with E-state index in [1.807, 2.05) is 20.8 Å². The minimum Gasteiger partial charge on any atom is -0.356 e. The molecule has 1 aromatic rings. The van der Waals surface area contributed by atoms with Gasteiger partial charge in [0, 0.05) is 18.6 Å². The van der Waals surface area contributed by atoms with Gasteiger partial charge in [0.15, 0.2) is 0 Å². The molecule has 0 saturated carbocycles. The second kappa shape index (κ2) is 5.80. The van der Waals surface area contributed by atoms with Gasteiger partial charge in [0.2, 0.25) is 0 Å². The summed E-state index contributed by atoms with van der Waals surface area (Å²) in [6.45, 7) is 11.7. The van der Waals surface area contributed by atoms with Crippen molar-refractivity contribution < 1.29 is 4.79 Å². The predicted molar refractivity (Wildman–Crippen MR) is 72.8 cm³/mol. The van der Waals surface area contributed by atoms with Crippen molar-refractivity contribution in [1.82, 2.24) is 15.3 Å². The second-order valence-corrected chi connectivity index (χ2v) is 5.14. The molecule has 0 aromatic carbocycles. The van der Waals surface area contributed by atoms with Gasteiger partial charge in [-0.3, -0.25) is 4.79 Å². The quantitative estimate of drug-likeness (QED) is 0.886. The van der Waals surface area contributed by atoms with E-state index in [9.17, 15) is 4.79 Å². The Hall–Kier alpha value is -1.65. The molecule has 1 amide bonds. The molecule has 0 aliphatic carbocycles. The lowest BCUT2D eigenvalue weighted by Crippen LogP contribution is -2.41. The molecule has 0 aliphatic rings. The SMILES string of the molecule is CCN(CC)c1cnc(C(=O)NC(C)(C)C)cn1. The monoisotopic (exact) mass is 250 g/mol. The number of nitrogens with one attached hydrogen (secondary N) is 1. The molecule has 0 bridgehead atoms. The number of aromatic nitrogens is 2. The van der Waals surface area contributed by atoms with Gasteiger partial charge < -0.3 is 10.2 Å². The zero-order chi connectivity index (χ0) is 13.8. The fraction of sp³-hybridized carbons (Fsp3) is 0.615. The van der Waals surface area contributed by atoms with Gasteiger partial charge in [-0.2, -0.15) is 0 Å². The molecule has 0 saturated heterocycles. The van der Waals surface area contributed by atoms with E-state index in [1.165, 1.54) is 6.20 Å². The van der Waals surface area contributed by atoms with Crippen molar-refractivity contribution in [2.75, 3.05) is 18.0 Å². The molecule has 1 rings (SSSR count). The topological polar surface area (TPSA) is 58.1 Å².